The van der Waals surface area contributed by atoms with Crippen LogP contribution in [0.3, 0.4) is 0 Å². The zero-order valence-electron chi connectivity index (χ0n) is 31.3. The van der Waals surface area contributed by atoms with E-state index >= 15 is 0 Å². The number of β-amino-alcohol motifs (C(OH)–C–C–N with tert-alkyl or cyclic N) is 1. The summed E-state index contributed by atoms with van der Waals surface area (Å²) in [4.78, 5) is 52.2. The first-order valence-corrected chi connectivity index (χ1v) is 19.0. The predicted molar refractivity (Wildman–Crippen MR) is 209 cm³/mol. The van der Waals surface area contributed by atoms with Gasteiger partial charge in [0.1, 0.15) is 17.8 Å². The number of anilines is 2. The fraction of sp³-hybridized carbons (Fsp3) is 0.436. The Kier molecular flexibility index (Phi) is 11.5. The first-order chi connectivity index (χ1) is 25.7. The number of phenols is 1. The smallest absolute Gasteiger partial charge is 0.246 e. The van der Waals surface area contributed by atoms with Crippen molar-refractivity contribution in [2.45, 2.75) is 65.3 Å². The second-order valence-corrected chi connectivity index (χ2v) is 16.0. The van der Waals surface area contributed by atoms with Crippen molar-refractivity contribution in [1.29, 1.82) is 0 Å². The highest BCUT2D eigenvalue weighted by Crippen LogP contribution is 2.32. The van der Waals surface area contributed by atoms with Gasteiger partial charge in [0, 0.05) is 44.7 Å². The summed E-state index contributed by atoms with van der Waals surface area (Å²) in [5.41, 5.74) is 12.0. The lowest BCUT2D eigenvalue weighted by atomic mass is 9.85. The number of carbonyl (C=O) groups is 3. The van der Waals surface area contributed by atoms with Crippen LogP contribution in [-0.2, 0) is 14.4 Å². The first-order valence-electron chi connectivity index (χ1n) is 18.2. The van der Waals surface area contributed by atoms with Gasteiger partial charge in [-0.2, -0.15) is 0 Å². The summed E-state index contributed by atoms with van der Waals surface area (Å²) in [5, 5.41) is 35.2. The number of benzene rings is 2. The molecule has 4 aromatic rings. The highest BCUT2D eigenvalue weighted by atomic mass is 32.1. The molecule has 2 aromatic heterocycles. The molecule has 2 aliphatic rings. The largest absolute Gasteiger partial charge is 0.507 e. The van der Waals surface area contributed by atoms with E-state index in [0.29, 0.717) is 43.1 Å². The van der Waals surface area contributed by atoms with Crippen LogP contribution in [0.4, 0.5) is 11.5 Å². The van der Waals surface area contributed by atoms with E-state index in [1.165, 1.54) is 4.90 Å². The molecule has 2 aromatic carbocycles. The number of aromatic nitrogens is 3. The van der Waals surface area contributed by atoms with E-state index in [1.54, 1.807) is 29.5 Å². The molecule has 4 heterocycles. The molecule has 0 aliphatic carbocycles. The summed E-state index contributed by atoms with van der Waals surface area (Å²) in [6.45, 7) is 11.8. The molecule has 2 aliphatic heterocycles. The molecule has 286 valence electrons. The molecule has 2 fully saturated rings. The van der Waals surface area contributed by atoms with Crippen molar-refractivity contribution in [3.8, 4) is 27.4 Å². The van der Waals surface area contributed by atoms with Crippen LogP contribution < -0.4 is 21.3 Å². The van der Waals surface area contributed by atoms with Crippen molar-refractivity contribution in [2.75, 3.05) is 49.9 Å². The minimum Gasteiger partial charge on any atom is -0.507 e. The van der Waals surface area contributed by atoms with Crippen LogP contribution in [0.25, 0.3) is 21.7 Å². The van der Waals surface area contributed by atoms with E-state index in [9.17, 15) is 24.6 Å². The molecule has 2 saturated heterocycles. The topological polar surface area (TPSA) is 190 Å². The number of piperazine rings is 1. The van der Waals surface area contributed by atoms with Crippen molar-refractivity contribution in [2.24, 2.45) is 5.41 Å². The van der Waals surface area contributed by atoms with Crippen LogP contribution in [-0.4, -0.2) is 110 Å². The van der Waals surface area contributed by atoms with E-state index in [2.05, 4.69) is 30.7 Å². The Balaban J connectivity index is 1.06. The summed E-state index contributed by atoms with van der Waals surface area (Å²) in [7, 11) is 0. The number of hydrogen-bond donors (Lipinski definition) is 5. The second kappa shape index (κ2) is 16.1. The van der Waals surface area contributed by atoms with E-state index < -0.39 is 29.5 Å². The molecule has 15 heteroatoms. The molecule has 0 saturated carbocycles. The molecule has 4 atom stereocenters. The Hall–Kier alpha value is -5.12. The predicted octanol–water partition coefficient (Wildman–Crippen LogP) is 3.36. The summed E-state index contributed by atoms with van der Waals surface area (Å²) >= 11 is 1.58. The number of nitrogens with one attached hydrogen (secondary N) is 2. The average Bonchev–Trinajstić information content (AvgIpc) is 3.76. The van der Waals surface area contributed by atoms with Gasteiger partial charge in [-0.1, -0.05) is 57.2 Å². The van der Waals surface area contributed by atoms with Gasteiger partial charge in [0.15, 0.2) is 5.82 Å². The number of likely N-dealkylation sites (tertiary alicyclic amines) is 1. The van der Waals surface area contributed by atoms with E-state index in [-0.39, 0.29) is 48.9 Å². The first kappa shape index (κ1) is 38.6. The lowest BCUT2D eigenvalue weighted by Crippen LogP contribution is -2.59. The minimum atomic E-state index is -0.928. The van der Waals surface area contributed by atoms with Crippen LogP contribution >= 0.6 is 11.3 Å². The zero-order valence-corrected chi connectivity index (χ0v) is 32.1. The maximum Gasteiger partial charge on any atom is 0.246 e. The molecule has 6 rings (SSSR count). The molecule has 0 bridgehead atoms. The monoisotopic (exact) mass is 755 g/mol. The number of thiazole rings is 1. The van der Waals surface area contributed by atoms with Gasteiger partial charge in [-0.15, -0.1) is 21.5 Å². The number of hydrogen-bond acceptors (Lipinski definition) is 12. The van der Waals surface area contributed by atoms with E-state index in [0.717, 1.165) is 21.7 Å². The van der Waals surface area contributed by atoms with Crippen LogP contribution in [0.15, 0.2) is 60.1 Å². The number of carbonyl (C=O) groups excluding carboxylic acids is 3. The molecule has 0 spiro atoms. The second-order valence-electron chi connectivity index (χ2n) is 15.2. The number of aliphatic hydroxyl groups excluding tert-OH is 1. The van der Waals surface area contributed by atoms with Gasteiger partial charge in [0.25, 0.3) is 0 Å². The Morgan fingerprint density at radius 1 is 1.02 bits per heavy atom. The summed E-state index contributed by atoms with van der Waals surface area (Å²) in [6, 6.07) is 14.5. The minimum absolute atomic E-state index is 0.00277. The fourth-order valence-electron chi connectivity index (χ4n) is 7.04. The lowest BCUT2D eigenvalue weighted by molar-refractivity contribution is -0.144. The number of aromatic hydroxyl groups is 1. The molecule has 6 N–H and O–H groups in total. The van der Waals surface area contributed by atoms with Gasteiger partial charge in [-0.25, -0.2) is 4.98 Å². The van der Waals surface area contributed by atoms with Crippen LogP contribution in [0.1, 0.15) is 51.4 Å². The van der Waals surface area contributed by atoms with Gasteiger partial charge < -0.3 is 36.4 Å². The third-order valence-electron chi connectivity index (χ3n) is 10.1. The third-order valence-corrected chi connectivity index (χ3v) is 11.1. The highest BCUT2D eigenvalue weighted by Gasteiger charge is 2.45. The molecule has 0 radical (unpaired) electrons. The normalized spacial score (nSPS) is 19.0. The molecular weight excluding hydrogens is 707 g/mol. The Morgan fingerprint density at radius 3 is 2.37 bits per heavy atom. The number of aliphatic hydroxyl groups is 1. The number of aryl methyl sites for hydroxylation is 1. The van der Waals surface area contributed by atoms with Crippen LogP contribution in [0, 0.1) is 12.3 Å². The van der Waals surface area contributed by atoms with Crippen molar-refractivity contribution in [1.82, 2.24) is 35.6 Å². The maximum absolute atomic E-state index is 14.2. The summed E-state index contributed by atoms with van der Waals surface area (Å²) in [5.74, 6) is -0.702. The Bertz CT molecular complexity index is 1970. The van der Waals surface area contributed by atoms with Gasteiger partial charge in [-0.05, 0) is 48.6 Å². The average molecular weight is 756 g/mol. The van der Waals surface area contributed by atoms with Gasteiger partial charge >= 0.3 is 0 Å². The molecule has 3 amide bonds. The molecule has 14 nitrogen and oxygen atoms in total. The Morgan fingerprint density at radius 2 is 1.72 bits per heavy atom. The van der Waals surface area contributed by atoms with Crippen molar-refractivity contribution in [3.05, 3.63) is 71.4 Å². The fourth-order valence-corrected chi connectivity index (χ4v) is 7.85. The van der Waals surface area contributed by atoms with E-state index in [4.69, 9.17) is 5.73 Å². The standard InChI is InChI=1S/C39H49N9O5S/c1-23(25-10-12-26(13-11-25)34-24(2)41-22-54-34)42-37(52)31-18-27(49)20-48(31)38(53)35(39(3,4)5)43-33(51)21-46-14-16-47(17-15-46)30-19-29(44-45-36(30)40)28-8-6-7-9-32(28)50/h6-13,19,22-23,27,31,35,49-50H,14-18,20-21H2,1-5H3,(H2,40,45)(H,42,52)(H,43,51)/t23?,27-,31+,35?/m1/s1. The number of nitrogen functional groups attached to an aromatic ring is 1. The van der Waals surface area contributed by atoms with Gasteiger partial charge in [-0.3, -0.25) is 19.3 Å². The number of phenolic OH excluding ortho intramolecular Hbond substituents is 1. The van der Waals surface area contributed by atoms with Crippen LogP contribution in [0.5, 0.6) is 5.75 Å². The number of amides is 3. The molecule has 2 unspecified atom stereocenters. The molecular formula is C39H49N9O5S. The van der Waals surface area contributed by atoms with Crippen molar-refractivity contribution < 1.29 is 24.6 Å². The number of para-hydroxylation sites is 1. The quantitative estimate of drug-likeness (QED) is 0.160. The van der Waals surface area contributed by atoms with Crippen LogP contribution in [0.2, 0.25) is 0 Å². The third kappa shape index (κ3) is 8.64. The Labute approximate surface area is 319 Å². The summed E-state index contributed by atoms with van der Waals surface area (Å²) in [6.07, 6.45) is -0.761. The van der Waals surface area contributed by atoms with Gasteiger partial charge in [0.05, 0.1) is 46.2 Å². The molecule has 54 heavy (non-hydrogen) atoms. The maximum atomic E-state index is 14.2. The SMILES string of the molecule is Cc1ncsc1-c1ccc(C(C)NC(=O)[C@@H]2C[C@@H](O)CN2C(=O)C(NC(=O)CN2CCN(c3cc(-c4ccccc4O)nnc3N)CC2)C(C)(C)C)cc1. The summed E-state index contributed by atoms with van der Waals surface area (Å²) < 4.78 is 0. The number of rotatable bonds is 10. The lowest BCUT2D eigenvalue weighted by Gasteiger charge is -2.38. The van der Waals surface area contributed by atoms with E-state index in [1.807, 2.05) is 81.4 Å². The van der Waals surface area contributed by atoms with Crippen molar-refractivity contribution in [3.63, 3.8) is 0 Å². The number of nitrogens with zero attached hydrogens (tertiary/aromatic N) is 6. The van der Waals surface area contributed by atoms with Crippen molar-refractivity contribution >= 4 is 40.6 Å². The van der Waals surface area contributed by atoms with Gasteiger partial charge in [0.2, 0.25) is 17.7 Å². The highest BCUT2D eigenvalue weighted by molar-refractivity contribution is 7.13. The zero-order chi connectivity index (χ0) is 38.7. The number of nitrogens with two attached hydrogens (primary N) is 1.